The molecule has 0 saturated carbocycles. The van der Waals surface area contributed by atoms with Crippen molar-refractivity contribution in [1.82, 2.24) is 4.57 Å². The van der Waals surface area contributed by atoms with Gasteiger partial charge >= 0.3 is 0 Å². The first kappa shape index (κ1) is 15.8. The van der Waals surface area contributed by atoms with Crippen molar-refractivity contribution in [3.8, 4) is 5.69 Å². The van der Waals surface area contributed by atoms with Gasteiger partial charge in [0.05, 0.1) is 5.69 Å². The smallest absolute Gasteiger partial charge is 0.258 e. The largest absolute Gasteiger partial charge is 0.284 e. The van der Waals surface area contributed by atoms with E-state index in [-0.39, 0.29) is 16.4 Å². The van der Waals surface area contributed by atoms with E-state index in [9.17, 15) is 4.79 Å². The Morgan fingerprint density at radius 3 is 2.24 bits per heavy atom. The van der Waals surface area contributed by atoms with Crippen molar-refractivity contribution in [1.29, 1.82) is 0 Å². The van der Waals surface area contributed by atoms with Crippen LogP contribution in [-0.2, 0) is 5.41 Å². The van der Waals surface area contributed by atoms with Crippen LogP contribution in [0, 0.1) is 5.41 Å². The Morgan fingerprint density at radius 2 is 1.67 bits per heavy atom. The molecule has 2 aromatic rings. The van der Waals surface area contributed by atoms with Crippen molar-refractivity contribution in [3.05, 3.63) is 63.5 Å². The maximum absolute atomic E-state index is 12.9. The molecule has 0 fully saturated rings. The number of halogens is 1. The molecule has 0 spiro atoms. The van der Waals surface area contributed by atoms with Crippen molar-refractivity contribution >= 4 is 11.6 Å². The second kappa shape index (κ2) is 5.34. The van der Waals surface area contributed by atoms with Gasteiger partial charge in [0.2, 0.25) is 0 Å². The molecule has 1 aromatic carbocycles. The van der Waals surface area contributed by atoms with Gasteiger partial charge in [-0.05, 0) is 35.1 Å². The zero-order chi connectivity index (χ0) is 15.8. The summed E-state index contributed by atoms with van der Waals surface area (Å²) in [4.78, 5) is 12.9. The first-order valence-electron chi connectivity index (χ1n) is 7.13. The number of aromatic nitrogens is 1. The van der Waals surface area contributed by atoms with Gasteiger partial charge in [0, 0.05) is 16.8 Å². The molecule has 0 N–H and O–H groups in total. The monoisotopic (exact) mass is 303 g/mol. The van der Waals surface area contributed by atoms with Crippen molar-refractivity contribution in [2.75, 3.05) is 0 Å². The van der Waals surface area contributed by atoms with Crippen LogP contribution >= 0.6 is 11.6 Å². The zero-order valence-electron chi connectivity index (χ0n) is 13.3. The van der Waals surface area contributed by atoms with Crippen LogP contribution in [0.1, 0.15) is 40.2 Å². The molecular formula is C18H22ClNO. The quantitative estimate of drug-likeness (QED) is 0.780. The minimum atomic E-state index is -0.230. The summed E-state index contributed by atoms with van der Waals surface area (Å²) < 4.78 is 1.66. The van der Waals surface area contributed by atoms with Gasteiger partial charge in [-0.3, -0.25) is 9.36 Å². The van der Waals surface area contributed by atoms with Crippen LogP contribution < -0.4 is 5.56 Å². The van der Waals surface area contributed by atoms with Crippen molar-refractivity contribution in [2.45, 2.75) is 40.0 Å². The Morgan fingerprint density at radius 1 is 1.00 bits per heavy atom. The molecule has 0 amide bonds. The maximum atomic E-state index is 12.9. The molecule has 21 heavy (non-hydrogen) atoms. The highest BCUT2D eigenvalue weighted by molar-refractivity contribution is 6.30. The van der Waals surface area contributed by atoms with Crippen LogP contribution in [0.2, 0.25) is 5.02 Å². The van der Waals surface area contributed by atoms with E-state index in [2.05, 4.69) is 34.6 Å². The van der Waals surface area contributed by atoms with Crippen LogP contribution in [0.5, 0.6) is 0 Å². The predicted molar refractivity (Wildman–Crippen MR) is 89.5 cm³/mol. The summed E-state index contributed by atoms with van der Waals surface area (Å²) in [5.74, 6) is 0. The van der Waals surface area contributed by atoms with E-state index < -0.39 is 0 Å². The van der Waals surface area contributed by atoms with Crippen LogP contribution in [0.25, 0.3) is 5.69 Å². The minimum absolute atomic E-state index is 0.0136. The Bertz CT molecular complexity index is 708. The third-order valence-electron chi connectivity index (χ3n) is 4.58. The second-order valence-electron chi connectivity index (χ2n) is 6.95. The van der Waals surface area contributed by atoms with Gasteiger partial charge in [0.25, 0.3) is 5.56 Å². The average molecular weight is 304 g/mol. The molecule has 1 aromatic heterocycles. The van der Waals surface area contributed by atoms with Crippen molar-refractivity contribution in [2.24, 2.45) is 5.41 Å². The predicted octanol–water partition coefficient (Wildman–Crippen LogP) is 4.81. The van der Waals surface area contributed by atoms with Crippen molar-refractivity contribution < 1.29 is 0 Å². The highest BCUT2D eigenvalue weighted by atomic mass is 35.5. The van der Waals surface area contributed by atoms with E-state index in [1.807, 2.05) is 24.3 Å². The van der Waals surface area contributed by atoms with E-state index in [0.717, 1.165) is 11.3 Å². The average Bonchev–Trinajstić information content (AvgIpc) is 2.37. The lowest BCUT2D eigenvalue weighted by molar-refractivity contribution is 0.223. The first-order valence-corrected chi connectivity index (χ1v) is 7.50. The van der Waals surface area contributed by atoms with E-state index >= 15 is 0 Å². The summed E-state index contributed by atoms with van der Waals surface area (Å²) in [6, 6.07) is 11.2. The Kier molecular flexibility index (Phi) is 4.03. The van der Waals surface area contributed by atoms with E-state index in [1.54, 1.807) is 22.9 Å². The molecule has 1 heterocycles. The molecule has 0 aliphatic heterocycles. The lowest BCUT2D eigenvalue weighted by Gasteiger charge is -2.38. The third-order valence-corrected chi connectivity index (χ3v) is 4.82. The highest BCUT2D eigenvalue weighted by Gasteiger charge is 2.36. The molecule has 0 aliphatic carbocycles. The molecular weight excluding hydrogens is 282 g/mol. The number of nitrogens with zero attached hydrogens (tertiary/aromatic N) is 1. The molecule has 0 aliphatic rings. The van der Waals surface area contributed by atoms with Gasteiger partial charge < -0.3 is 0 Å². The lowest BCUT2D eigenvalue weighted by Crippen LogP contribution is -2.40. The highest BCUT2D eigenvalue weighted by Crippen LogP contribution is 2.39. The fourth-order valence-electron chi connectivity index (χ4n) is 2.20. The topological polar surface area (TPSA) is 22.0 Å². The fourth-order valence-corrected chi connectivity index (χ4v) is 2.39. The molecule has 0 saturated heterocycles. The molecule has 0 radical (unpaired) electrons. The fraction of sp³-hybridized carbons (Fsp3) is 0.389. The van der Waals surface area contributed by atoms with Crippen LogP contribution in [0.3, 0.4) is 0 Å². The lowest BCUT2D eigenvalue weighted by atomic mass is 9.65. The summed E-state index contributed by atoms with van der Waals surface area (Å²) in [6.45, 7) is 10.7. The van der Waals surface area contributed by atoms with Gasteiger partial charge in [-0.2, -0.15) is 0 Å². The SMILES string of the molecule is CC(C)(C)C(C)(C)c1cccn(-c2cccc(Cl)c2)c1=O. The van der Waals surface area contributed by atoms with Gasteiger partial charge in [-0.15, -0.1) is 0 Å². The summed E-state index contributed by atoms with van der Waals surface area (Å²) >= 11 is 6.03. The zero-order valence-corrected chi connectivity index (χ0v) is 14.0. The Balaban J connectivity index is 2.65. The number of hydrogen-bond donors (Lipinski definition) is 0. The van der Waals surface area contributed by atoms with Crippen LogP contribution in [-0.4, -0.2) is 4.57 Å². The maximum Gasteiger partial charge on any atom is 0.258 e. The number of hydrogen-bond acceptors (Lipinski definition) is 1. The normalized spacial score (nSPS) is 12.5. The summed E-state index contributed by atoms with van der Waals surface area (Å²) in [5, 5.41) is 0.625. The second-order valence-corrected chi connectivity index (χ2v) is 7.39. The van der Waals surface area contributed by atoms with Crippen molar-refractivity contribution in [3.63, 3.8) is 0 Å². The van der Waals surface area contributed by atoms with Gasteiger partial charge in [-0.25, -0.2) is 0 Å². The van der Waals surface area contributed by atoms with E-state index in [4.69, 9.17) is 11.6 Å². The van der Waals surface area contributed by atoms with Crippen LogP contribution in [0.4, 0.5) is 0 Å². The molecule has 2 nitrogen and oxygen atoms in total. The standard InChI is InChI=1S/C18H22ClNO/c1-17(2,3)18(4,5)15-10-7-11-20(16(15)21)14-9-6-8-13(19)12-14/h6-12H,1-5H3. The molecule has 112 valence electrons. The summed E-state index contributed by atoms with van der Waals surface area (Å²) in [7, 11) is 0. The number of pyridine rings is 1. The first-order chi connectivity index (χ1) is 9.64. The van der Waals surface area contributed by atoms with Gasteiger partial charge in [0.15, 0.2) is 0 Å². The van der Waals surface area contributed by atoms with Crippen LogP contribution in [0.15, 0.2) is 47.4 Å². The summed E-state index contributed by atoms with van der Waals surface area (Å²) in [6.07, 6.45) is 1.79. The van der Waals surface area contributed by atoms with Gasteiger partial charge in [0.1, 0.15) is 0 Å². The molecule has 0 atom stereocenters. The van der Waals surface area contributed by atoms with Gasteiger partial charge in [-0.1, -0.05) is 58.4 Å². The molecule has 3 heteroatoms. The molecule has 0 bridgehead atoms. The Hall–Kier alpha value is -1.54. The Labute approximate surface area is 131 Å². The van der Waals surface area contributed by atoms with E-state index in [1.165, 1.54) is 0 Å². The number of benzene rings is 1. The molecule has 2 rings (SSSR count). The molecule has 0 unspecified atom stereocenters. The summed E-state index contributed by atoms with van der Waals surface area (Å²) in [5.41, 5.74) is 1.38. The van der Waals surface area contributed by atoms with E-state index in [0.29, 0.717) is 5.02 Å². The number of rotatable bonds is 2. The minimum Gasteiger partial charge on any atom is -0.284 e. The third kappa shape index (κ3) is 2.91.